The first-order chi connectivity index (χ1) is 12.0. The summed E-state index contributed by atoms with van der Waals surface area (Å²) in [5, 5.41) is 10.6. The van der Waals surface area contributed by atoms with Gasteiger partial charge >= 0.3 is 0 Å². The highest BCUT2D eigenvalue weighted by Crippen LogP contribution is 2.24. The molecule has 158 valence electrons. The minimum Gasteiger partial charge on any atom is -1.00 e. The Balaban J connectivity index is 0.00000625. The van der Waals surface area contributed by atoms with Gasteiger partial charge in [-0.05, 0) is 6.42 Å². The predicted octanol–water partition coefficient (Wildman–Crippen LogP) is 2.66. The molecular formula is C22H46BrNO2. The maximum absolute atomic E-state index is 10.6. The number of aliphatic hydroxyl groups is 1. The van der Waals surface area contributed by atoms with E-state index >= 15 is 0 Å². The van der Waals surface area contributed by atoms with Crippen LogP contribution in [0.4, 0.5) is 0 Å². The van der Waals surface area contributed by atoms with E-state index in [0.717, 1.165) is 30.4 Å². The standard InChI is InChI=1S/C22H46NO2.BrH/c1-4-5-6-7-8-9-10-11-12-13-14-15-16-17-18-22(24)21-23(2,3)19-20-25-22;/h24H,4-21H2,1-3H3;1H/q+1;/p-1/t22-;/m0./s1. The second-order valence-electron chi connectivity index (χ2n) is 8.96. The van der Waals surface area contributed by atoms with Gasteiger partial charge in [-0.15, -0.1) is 0 Å². The van der Waals surface area contributed by atoms with E-state index in [4.69, 9.17) is 4.74 Å². The van der Waals surface area contributed by atoms with Crippen molar-refractivity contribution >= 4 is 0 Å². The Bertz CT molecular complexity index is 325. The summed E-state index contributed by atoms with van der Waals surface area (Å²) >= 11 is 0. The number of ether oxygens (including phenoxy) is 1. The summed E-state index contributed by atoms with van der Waals surface area (Å²) in [5.74, 6) is -0.876. The summed E-state index contributed by atoms with van der Waals surface area (Å²) < 4.78 is 6.52. The fourth-order valence-electron chi connectivity index (χ4n) is 4.02. The fourth-order valence-corrected chi connectivity index (χ4v) is 4.02. The summed E-state index contributed by atoms with van der Waals surface area (Å²) in [7, 11) is 4.36. The van der Waals surface area contributed by atoms with Gasteiger partial charge in [0.1, 0.15) is 13.1 Å². The van der Waals surface area contributed by atoms with Crippen molar-refractivity contribution in [2.75, 3.05) is 33.8 Å². The molecule has 1 atom stereocenters. The molecule has 4 heteroatoms. The molecule has 26 heavy (non-hydrogen) atoms. The van der Waals surface area contributed by atoms with Gasteiger partial charge in [-0.2, -0.15) is 0 Å². The smallest absolute Gasteiger partial charge is 0.216 e. The van der Waals surface area contributed by atoms with Crippen molar-refractivity contribution in [2.45, 2.75) is 109 Å². The van der Waals surface area contributed by atoms with E-state index in [1.54, 1.807) is 0 Å². The number of unbranched alkanes of at least 4 members (excludes halogenated alkanes) is 13. The van der Waals surface area contributed by atoms with Gasteiger partial charge in [0, 0.05) is 6.42 Å². The third kappa shape index (κ3) is 13.5. The molecule has 1 aliphatic rings. The average Bonchev–Trinajstić information content (AvgIpc) is 2.54. The molecule has 0 unspecified atom stereocenters. The fraction of sp³-hybridized carbons (Fsp3) is 1.00. The van der Waals surface area contributed by atoms with E-state index in [-0.39, 0.29) is 17.0 Å². The molecule has 1 rings (SSSR count). The van der Waals surface area contributed by atoms with Crippen LogP contribution in [-0.2, 0) is 4.74 Å². The molecular weight excluding hydrogens is 390 g/mol. The highest BCUT2D eigenvalue weighted by Gasteiger charge is 2.39. The Morgan fingerprint density at radius 3 is 1.62 bits per heavy atom. The monoisotopic (exact) mass is 435 g/mol. The van der Waals surface area contributed by atoms with Crippen molar-refractivity contribution in [3.05, 3.63) is 0 Å². The zero-order valence-electron chi connectivity index (χ0n) is 17.9. The lowest BCUT2D eigenvalue weighted by molar-refractivity contribution is -0.911. The Morgan fingerprint density at radius 2 is 1.19 bits per heavy atom. The van der Waals surface area contributed by atoms with Gasteiger partial charge in [-0.25, -0.2) is 0 Å². The van der Waals surface area contributed by atoms with E-state index < -0.39 is 5.79 Å². The summed E-state index contributed by atoms with van der Waals surface area (Å²) in [5.41, 5.74) is 0. The minimum absolute atomic E-state index is 0. The second kappa shape index (κ2) is 15.3. The SMILES string of the molecule is CCCCCCCCCCCCCCCC[C@@]1(O)C[N+](C)(C)CCO1.[Br-]. The van der Waals surface area contributed by atoms with Crippen molar-refractivity contribution in [1.82, 2.24) is 0 Å². The topological polar surface area (TPSA) is 29.5 Å². The zero-order chi connectivity index (χ0) is 18.4. The molecule has 0 spiro atoms. The number of nitrogens with zero attached hydrogens (tertiary/aromatic N) is 1. The Morgan fingerprint density at radius 1 is 0.769 bits per heavy atom. The van der Waals surface area contributed by atoms with Crippen molar-refractivity contribution in [1.29, 1.82) is 0 Å². The molecule has 0 aliphatic carbocycles. The van der Waals surface area contributed by atoms with Crippen LogP contribution in [0.2, 0.25) is 0 Å². The van der Waals surface area contributed by atoms with Crippen LogP contribution < -0.4 is 17.0 Å². The van der Waals surface area contributed by atoms with Crippen LogP contribution in [0.3, 0.4) is 0 Å². The quantitative estimate of drug-likeness (QED) is 0.316. The summed E-state index contributed by atoms with van der Waals surface area (Å²) in [6.07, 6.45) is 20.0. The number of morpholine rings is 1. The Labute approximate surface area is 174 Å². The lowest BCUT2D eigenvalue weighted by Gasteiger charge is -2.42. The first-order valence-corrected chi connectivity index (χ1v) is 11.2. The normalized spacial score (nSPS) is 22.2. The van der Waals surface area contributed by atoms with Gasteiger partial charge in [-0.1, -0.05) is 90.4 Å². The first-order valence-electron chi connectivity index (χ1n) is 11.2. The molecule has 1 heterocycles. The summed E-state index contributed by atoms with van der Waals surface area (Å²) in [4.78, 5) is 0. The minimum atomic E-state index is -0.876. The van der Waals surface area contributed by atoms with Crippen LogP contribution in [0.15, 0.2) is 0 Å². The van der Waals surface area contributed by atoms with E-state index in [1.165, 1.54) is 83.5 Å². The van der Waals surface area contributed by atoms with Crippen molar-refractivity contribution in [3.63, 3.8) is 0 Å². The lowest BCUT2D eigenvalue weighted by atomic mass is 10.0. The van der Waals surface area contributed by atoms with Crippen LogP contribution in [-0.4, -0.2) is 49.2 Å². The van der Waals surface area contributed by atoms with Crippen LogP contribution in [0, 0.1) is 0 Å². The molecule has 0 aromatic rings. The molecule has 3 nitrogen and oxygen atoms in total. The number of quaternary nitrogens is 1. The van der Waals surface area contributed by atoms with E-state index in [0.29, 0.717) is 6.61 Å². The maximum atomic E-state index is 10.6. The van der Waals surface area contributed by atoms with Gasteiger partial charge in [0.05, 0.1) is 20.7 Å². The molecule has 1 aliphatic heterocycles. The van der Waals surface area contributed by atoms with Gasteiger partial charge in [0.25, 0.3) is 0 Å². The molecule has 0 amide bonds. The number of hydrogen-bond donors (Lipinski definition) is 1. The molecule has 0 radical (unpaired) electrons. The second-order valence-corrected chi connectivity index (χ2v) is 8.96. The van der Waals surface area contributed by atoms with E-state index in [2.05, 4.69) is 21.0 Å². The zero-order valence-corrected chi connectivity index (χ0v) is 19.5. The molecule has 1 saturated heterocycles. The third-order valence-electron chi connectivity index (χ3n) is 5.66. The number of halogens is 1. The Hall–Kier alpha value is 0.360. The van der Waals surface area contributed by atoms with Crippen LogP contribution >= 0.6 is 0 Å². The molecule has 0 saturated carbocycles. The van der Waals surface area contributed by atoms with Crippen LogP contribution in [0.25, 0.3) is 0 Å². The largest absolute Gasteiger partial charge is 1.00 e. The summed E-state index contributed by atoms with van der Waals surface area (Å²) in [6, 6.07) is 0. The number of likely N-dealkylation sites (N-methyl/N-ethyl adjacent to an activating group) is 1. The number of hydrogen-bond acceptors (Lipinski definition) is 2. The highest BCUT2D eigenvalue weighted by atomic mass is 79.9. The van der Waals surface area contributed by atoms with E-state index in [9.17, 15) is 5.11 Å². The number of rotatable bonds is 15. The molecule has 0 aromatic heterocycles. The Kier molecular flexibility index (Phi) is 15.5. The van der Waals surface area contributed by atoms with Crippen molar-refractivity contribution < 1.29 is 31.3 Å². The first kappa shape index (κ1) is 26.4. The highest BCUT2D eigenvalue weighted by molar-refractivity contribution is 4.70. The van der Waals surface area contributed by atoms with Gasteiger partial charge in [-0.3, -0.25) is 0 Å². The van der Waals surface area contributed by atoms with Crippen LogP contribution in [0.1, 0.15) is 103 Å². The van der Waals surface area contributed by atoms with Gasteiger partial charge < -0.3 is 31.3 Å². The maximum Gasteiger partial charge on any atom is 0.216 e. The van der Waals surface area contributed by atoms with Gasteiger partial charge in [0.15, 0.2) is 0 Å². The molecule has 0 aromatic carbocycles. The predicted molar refractivity (Wildman–Crippen MR) is 108 cm³/mol. The molecule has 1 fully saturated rings. The van der Waals surface area contributed by atoms with Crippen molar-refractivity contribution in [3.8, 4) is 0 Å². The van der Waals surface area contributed by atoms with Gasteiger partial charge in [0.2, 0.25) is 5.79 Å². The van der Waals surface area contributed by atoms with E-state index in [1.807, 2.05) is 0 Å². The molecule has 0 bridgehead atoms. The summed E-state index contributed by atoms with van der Waals surface area (Å²) in [6.45, 7) is 4.69. The lowest BCUT2D eigenvalue weighted by Crippen LogP contribution is -3.00. The van der Waals surface area contributed by atoms with Crippen LogP contribution in [0.5, 0.6) is 0 Å². The average molecular weight is 437 g/mol. The third-order valence-corrected chi connectivity index (χ3v) is 5.66. The molecule has 1 N–H and O–H groups in total. The van der Waals surface area contributed by atoms with Crippen molar-refractivity contribution in [2.24, 2.45) is 0 Å².